The fourth-order valence-corrected chi connectivity index (χ4v) is 4.42. The number of nitrogens with one attached hydrogen (secondary N) is 2. The SMILES string of the molecule is N#Cc1cccc(-n2nc(C(F)(F)F)cc2C(=O)Nc2cccc(C(NC3CCC3)c3ccccc3)c2)c1. The molecule has 0 bridgehead atoms. The van der Waals surface area contributed by atoms with E-state index in [1.165, 1.54) is 30.7 Å². The van der Waals surface area contributed by atoms with E-state index in [-0.39, 0.29) is 23.0 Å². The molecular formula is C29H24F3N5O. The molecule has 1 aliphatic carbocycles. The van der Waals surface area contributed by atoms with Crippen LogP contribution in [0.5, 0.6) is 0 Å². The number of carbonyl (C=O) groups is 1. The lowest BCUT2D eigenvalue weighted by atomic mass is 9.89. The Kier molecular flexibility index (Phi) is 6.99. The van der Waals surface area contributed by atoms with Gasteiger partial charge in [0.2, 0.25) is 0 Å². The Balaban J connectivity index is 1.46. The Labute approximate surface area is 217 Å². The van der Waals surface area contributed by atoms with E-state index in [9.17, 15) is 23.2 Å². The van der Waals surface area contributed by atoms with E-state index in [1.54, 1.807) is 12.1 Å². The quantitative estimate of drug-likeness (QED) is 0.305. The van der Waals surface area contributed by atoms with Crippen LogP contribution in [0.15, 0.2) is 84.9 Å². The van der Waals surface area contributed by atoms with E-state index in [2.05, 4.69) is 15.7 Å². The predicted molar refractivity (Wildman–Crippen MR) is 137 cm³/mol. The zero-order valence-electron chi connectivity index (χ0n) is 20.2. The molecule has 1 aromatic heterocycles. The number of hydrogen-bond acceptors (Lipinski definition) is 4. The van der Waals surface area contributed by atoms with E-state index in [4.69, 9.17) is 0 Å². The van der Waals surface area contributed by atoms with Gasteiger partial charge in [0.1, 0.15) is 5.69 Å². The summed E-state index contributed by atoms with van der Waals surface area (Å²) in [6, 6.07) is 26.1. The Morgan fingerprint density at radius 3 is 2.39 bits per heavy atom. The first-order chi connectivity index (χ1) is 18.3. The van der Waals surface area contributed by atoms with Crippen LogP contribution in [0, 0.1) is 11.3 Å². The average molecular weight is 516 g/mol. The van der Waals surface area contributed by atoms with Crippen molar-refractivity contribution in [3.05, 3.63) is 113 Å². The molecule has 0 saturated heterocycles. The van der Waals surface area contributed by atoms with Crippen LogP contribution in [0.2, 0.25) is 0 Å². The summed E-state index contributed by atoms with van der Waals surface area (Å²) in [6.45, 7) is 0. The highest BCUT2D eigenvalue weighted by molar-refractivity contribution is 6.03. The van der Waals surface area contributed by atoms with E-state index in [0.29, 0.717) is 17.8 Å². The number of halogens is 3. The molecule has 1 unspecified atom stereocenters. The van der Waals surface area contributed by atoms with Gasteiger partial charge in [0.15, 0.2) is 5.69 Å². The molecule has 5 rings (SSSR count). The second kappa shape index (κ2) is 10.5. The highest BCUT2D eigenvalue weighted by Gasteiger charge is 2.36. The van der Waals surface area contributed by atoms with Crippen LogP contribution >= 0.6 is 0 Å². The molecule has 2 N–H and O–H groups in total. The summed E-state index contributed by atoms with van der Waals surface area (Å²) >= 11 is 0. The highest BCUT2D eigenvalue weighted by Crippen LogP contribution is 2.31. The fraction of sp³-hybridized carbons (Fsp3) is 0.207. The Morgan fingerprint density at radius 2 is 1.71 bits per heavy atom. The van der Waals surface area contributed by atoms with Gasteiger partial charge in [-0.25, -0.2) is 4.68 Å². The van der Waals surface area contributed by atoms with Crippen molar-refractivity contribution in [3.8, 4) is 11.8 Å². The van der Waals surface area contributed by atoms with Gasteiger partial charge in [0, 0.05) is 17.8 Å². The fourth-order valence-electron chi connectivity index (χ4n) is 4.42. The Morgan fingerprint density at radius 1 is 0.974 bits per heavy atom. The Bertz CT molecular complexity index is 1490. The normalized spacial score (nSPS) is 14.4. The van der Waals surface area contributed by atoms with E-state index < -0.39 is 17.8 Å². The molecule has 38 heavy (non-hydrogen) atoms. The van der Waals surface area contributed by atoms with Gasteiger partial charge in [-0.1, -0.05) is 55.0 Å². The second-order valence-corrected chi connectivity index (χ2v) is 9.20. The molecule has 1 amide bonds. The molecule has 192 valence electrons. The van der Waals surface area contributed by atoms with Gasteiger partial charge < -0.3 is 10.6 Å². The first-order valence-electron chi connectivity index (χ1n) is 12.2. The number of nitriles is 1. The summed E-state index contributed by atoms with van der Waals surface area (Å²) in [5.41, 5.74) is 1.35. The number of rotatable bonds is 7. The maximum absolute atomic E-state index is 13.5. The van der Waals surface area contributed by atoms with Crippen molar-refractivity contribution in [3.63, 3.8) is 0 Å². The number of nitrogens with zero attached hydrogens (tertiary/aromatic N) is 3. The standard InChI is InChI=1S/C29H24F3N5O/c30-29(31,32)26-17-25(37(36-26)24-14-4-7-19(15-24)18-33)28(38)35-23-13-5-10-21(16-23)27(34-22-11-6-12-22)20-8-2-1-3-9-20/h1-5,7-10,13-17,22,27,34H,6,11-12H2,(H,35,38). The van der Waals surface area contributed by atoms with Crippen molar-refractivity contribution in [2.75, 3.05) is 5.32 Å². The molecule has 1 atom stereocenters. The van der Waals surface area contributed by atoms with Crippen molar-refractivity contribution in [2.45, 2.75) is 37.5 Å². The zero-order valence-corrected chi connectivity index (χ0v) is 20.2. The minimum atomic E-state index is -4.75. The van der Waals surface area contributed by atoms with Crippen LogP contribution in [0.1, 0.15) is 58.2 Å². The molecule has 0 aliphatic heterocycles. The third-order valence-corrected chi connectivity index (χ3v) is 6.57. The summed E-state index contributed by atoms with van der Waals surface area (Å²) in [5, 5.41) is 19.2. The van der Waals surface area contributed by atoms with Crippen molar-refractivity contribution >= 4 is 11.6 Å². The summed E-state index contributed by atoms with van der Waals surface area (Å²) < 4.78 is 41.4. The van der Waals surface area contributed by atoms with Gasteiger partial charge in [-0.3, -0.25) is 4.79 Å². The number of anilines is 1. The third kappa shape index (κ3) is 5.45. The average Bonchev–Trinajstić information content (AvgIpc) is 3.36. The number of amides is 1. The van der Waals surface area contributed by atoms with E-state index in [1.807, 2.05) is 48.5 Å². The third-order valence-electron chi connectivity index (χ3n) is 6.57. The lowest BCUT2D eigenvalue weighted by Crippen LogP contribution is -2.38. The molecule has 1 heterocycles. The minimum absolute atomic E-state index is 0.102. The van der Waals surface area contributed by atoms with Gasteiger partial charge in [0.25, 0.3) is 5.91 Å². The van der Waals surface area contributed by atoms with Crippen LogP contribution in [-0.4, -0.2) is 21.7 Å². The molecule has 0 radical (unpaired) electrons. The number of hydrogen-bond donors (Lipinski definition) is 2. The van der Waals surface area contributed by atoms with Gasteiger partial charge in [-0.05, 0) is 54.3 Å². The highest BCUT2D eigenvalue weighted by atomic mass is 19.4. The summed E-state index contributed by atoms with van der Waals surface area (Å²) in [7, 11) is 0. The monoisotopic (exact) mass is 515 g/mol. The molecule has 4 aromatic rings. The molecule has 6 nitrogen and oxygen atoms in total. The smallest absolute Gasteiger partial charge is 0.321 e. The lowest BCUT2D eigenvalue weighted by molar-refractivity contribution is -0.141. The molecule has 0 spiro atoms. The zero-order chi connectivity index (χ0) is 26.7. The lowest BCUT2D eigenvalue weighted by Gasteiger charge is -2.32. The topological polar surface area (TPSA) is 82.7 Å². The number of aromatic nitrogens is 2. The van der Waals surface area contributed by atoms with Crippen LogP contribution in [0.25, 0.3) is 5.69 Å². The van der Waals surface area contributed by atoms with Crippen molar-refractivity contribution in [1.29, 1.82) is 5.26 Å². The first-order valence-corrected chi connectivity index (χ1v) is 12.2. The number of alkyl halides is 3. The van der Waals surface area contributed by atoms with Crippen LogP contribution in [-0.2, 0) is 6.18 Å². The van der Waals surface area contributed by atoms with E-state index >= 15 is 0 Å². The maximum Gasteiger partial charge on any atom is 0.435 e. The molecule has 9 heteroatoms. The molecule has 1 fully saturated rings. The van der Waals surface area contributed by atoms with Gasteiger partial charge in [-0.2, -0.15) is 23.5 Å². The van der Waals surface area contributed by atoms with Gasteiger partial charge in [0.05, 0.1) is 23.4 Å². The van der Waals surface area contributed by atoms with Crippen LogP contribution < -0.4 is 10.6 Å². The maximum atomic E-state index is 13.5. The van der Waals surface area contributed by atoms with Crippen molar-refractivity contribution in [2.24, 2.45) is 0 Å². The second-order valence-electron chi connectivity index (χ2n) is 9.20. The number of carbonyl (C=O) groups excluding carboxylic acids is 1. The largest absolute Gasteiger partial charge is 0.435 e. The molecule has 1 saturated carbocycles. The summed E-state index contributed by atoms with van der Waals surface area (Å²) in [4.78, 5) is 13.3. The van der Waals surface area contributed by atoms with Crippen LogP contribution in [0.4, 0.5) is 18.9 Å². The van der Waals surface area contributed by atoms with Gasteiger partial charge >= 0.3 is 6.18 Å². The summed E-state index contributed by atoms with van der Waals surface area (Å²) in [5.74, 6) is -0.754. The minimum Gasteiger partial charge on any atom is -0.321 e. The first kappa shape index (κ1) is 25.2. The number of benzene rings is 3. The van der Waals surface area contributed by atoms with Gasteiger partial charge in [-0.15, -0.1) is 0 Å². The van der Waals surface area contributed by atoms with Crippen molar-refractivity contribution < 1.29 is 18.0 Å². The van der Waals surface area contributed by atoms with Crippen LogP contribution in [0.3, 0.4) is 0 Å². The Hall–Kier alpha value is -4.42. The predicted octanol–water partition coefficient (Wildman–Crippen LogP) is 6.25. The van der Waals surface area contributed by atoms with E-state index in [0.717, 1.165) is 28.7 Å². The molecular weight excluding hydrogens is 491 g/mol. The molecule has 3 aromatic carbocycles. The summed E-state index contributed by atoms with van der Waals surface area (Å²) in [6.07, 6.45) is -1.38. The molecule has 1 aliphatic rings. The van der Waals surface area contributed by atoms with Crippen molar-refractivity contribution in [1.82, 2.24) is 15.1 Å².